The van der Waals surface area contributed by atoms with Gasteiger partial charge in [0.2, 0.25) is 0 Å². The molecule has 0 aromatic heterocycles. The summed E-state index contributed by atoms with van der Waals surface area (Å²) in [5.74, 6) is 1.43. The van der Waals surface area contributed by atoms with Crippen molar-refractivity contribution in [1.82, 2.24) is 5.32 Å². The van der Waals surface area contributed by atoms with Gasteiger partial charge < -0.3 is 10.1 Å². The average molecular weight is 282 g/mol. The van der Waals surface area contributed by atoms with Gasteiger partial charge in [-0.25, -0.2) is 0 Å². The Hall–Kier alpha value is -1.87. The van der Waals surface area contributed by atoms with E-state index >= 15 is 0 Å². The van der Waals surface area contributed by atoms with E-state index in [1.54, 1.807) is 7.11 Å². The summed E-state index contributed by atoms with van der Waals surface area (Å²) in [4.78, 5) is 4.57. The van der Waals surface area contributed by atoms with Gasteiger partial charge in [0.15, 0.2) is 0 Å². The van der Waals surface area contributed by atoms with Gasteiger partial charge >= 0.3 is 0 Å². The molecule has 1 aliphatic rings. The number of nitrogens with one attached hydrogen (secondary N) is 1. The summed E-state index contributed by atoms with van der Waals surface area (Å²) >= 11 is 0. The Bertz CT molecular complexity index is 657. The Morgan fingerprint density at radius 3 is 2.71 bits per heavy atom. The van der Waals surface area contributed by atoms with Crippen LogP contribution in [-0.2, 0) is 0 Å². The second-order valence-corrected chi connectivity index (χ2v) is 5.58. The number of piperidine rings is 1. The van der Waals surface area contributed by atoms with Crippen LogP contribution in [0.2, 0.25) is 0 Å². The summed E-state index contributed by atoms with van der Waals surface area (Å²) < 4.78 is 5.28. The molecule has 0 saturated carbocycles. The molecule has 0 spiro atoms. The van der Waals surface area contributed by atoms with E-state index in [0.717, 1.165) is 18.8 Å². The van der Waals surface area contributed by atoms with E-state index in [1.807, 2.05) is 13.1 Å². The molecule has 1 saturated heterocycles. The van der Waals surface area contributed by atoms with Gasteiger partial charge in [0.1, 0.15) is 5.75 Å². The second kappa shape index (κ2) is 6.27. The van der Waals surface area contributed by atoms with Gasteiger partial charge in [-0.2, -0.15) is 0 Å². The normalized spacial score (nSPS) is 19.7. The molecule has 0 amide bonds. The summed E-state index contributed by atoms with van der Waals surface area (Å²) in [7, 11) is 3.61. The second-order valence-electron chi connectivity index (χ2n) is 5.58. The monoisotopic (exact) mass is 282 g/mol. The fraction of sp³-hybridized carbons (Fsp3) is 0.389. The highest BCUT2D eigenvalue weighted by atomic mass is 16.5. The molecule has 1 aliphatic heterocycles. The Morgan fingerprint density at radius 2 is 2.00 bits per heavy atom. The van der Waals surface area contributed by atoms with Crippen LogP contribution in [0, 0.1) is 5.92 Å². The highest BCUT2D eigenvalue weighted by Gasteiger charge is 2.20. The molecule has 2 aromatic carbocycles. The standard InChI is InChI=1S/C18H22N2O/c1-19-18(16-4-3-9-20-12-16)15-6-5-14-11-17(21-2)8-7-13(14)10-15/h5-8,10-11,16,20H,3-4,9,12H2,1-2H3. The minimum atomic E-state index is 0.527. The molecular formula is C18H22N2O. The maximum atomic E-state index is 5.28. The van der Waals surface area contributed by atoms with Crippen molar-refractivity contribution >= 4 is 16.5 Å². The third-order valence-corrected chi connectivity index (χ3v) is 4.27. The van der Waals surface area contributed by atoms with E-state index in [-0.39, 0.29) is 0 Å². The topological polar surface area (TPSA) is 33.6 Å². The zero-order valence-corrected chi connectivity index (χ0v) is 12.7. The minimum Gasteiger partial charge on any atom is -0.497 e. The number of ether oxygens (including phenoxy) is 1. The molecule has 1 heterocycles. The van der Waals surface area contributed by atoms with Crippen molar-refractivity contribution in [3.8, 4) is 5.75 Å². The zero-order chi connectivity index (χ0) is 14.7. The van der Waals surface area contributed by atoms with Crippen LogP contribution in [0.3, 0.4) is 0 Å². The fourth-order valence-corrected chi connectivity index (χ4v) is 3.14. The Kier molecular flexibility index (Phi) is 4.20. The summed E-state index contributed by atoms with van der Waals surface area (Å²) in [6.45, 7) is 2.17. The predicted octanol–water partition coefficient (Wildman–Crippen LogP) is 3.27. The van der Waals surface area contributed by atoms with Crippen LogP contribution in [0.25, 0.3) is 10.8 Å². The van der Waals surface area contributed by atoms with Gasteiger partial charge in [-0.15, -0.1) is 0 Å². The number of fused-ring (bicyclic) bond motifs is 1. The van der Waals surface area contributed by atoms with E-state index in [9.17, 15) is 0 Å². The molecule has 110 valence electrons. The van der Waals surface area contributed by atoms with Crippen molar-refractivity contribution in [3.63, 3.8) is 0 Å². The number of aliphatic imine (C=N–C) groups is 1. The van der Waals surface area contributed by atoms with Gasteiger partial charge in [0.25, 0.3) is 0 Å². The number of rotatable bonds is 3. The molecule has 1 unspecified atom stereocenters. The predicted molar refractivity (Wildman–Crippen MR) is 88.6 cm³/mol. The largest absolute Gasteiger partial charge is 0.497 e. The van der Waals surface area contributed by atoms with Gasteiger partial charge in [0, 0.05) is 25.2 Å². The molecule has 0 bridgehead atoms. The van der Waals surface area contributed by atoms with Crippen molar-refractivity contribution in [2.45, 2.75) is 12.8 Å². The van der Waals surface area contributed by atoms with Crippen molar-refractivity contribution in [2.75, 3.05) is 27.2 Å². The number of hydrogen-bond acceptors (Lipinski definition) is 3. The third kappa shape index (κ3) is 2.93. The fourth-order valence-electron chi connectivity index (χ4n) is 3.14. The van der Waals surface area contributed by atoms with Crippen LogP contribution in [0.1, 0.15) is 18.4 Å². The van der Waals surface area contributed by atoms with Crippen molar-refractivity contribution in [1.29, 1.82) is 0 Å². The Morgan fingerprint density at radius 1 is 1.19 bits per heavy atom. The number of nitrogens with zero attached hydrogens (tertiary/aromatic N) is 1. The summed E-state index contributed by atoms with van der Waals surface area (Å²) in [6.07, 6.45) is 2.45. The van der Waals surface area contributed by atoms with Crippen molar-refractivity contribution in [3.05, 3.63) is 42.0 Å². The third-order valence-electron chi connectivity index (χ3n) is 4.27. The van der Waals surface area contributed by atoms with E-state index in [1.165, 1.54) is 34.9 Å². The summed E-state index contributed by atoms with van der Waals surface area (Å²) in [6, 6.07) is 12.8. The van der Waals surface area contributed by atoms with Crippen LogP contribution in [0.5, 0.6) is 5.75 Å². The maximum Gasteiger partial charge on any atom is 0.119 e. The van der Waals surface area contributed by atoms with Crippen molar-refractivity contribution in [2.24, 2.45) is 10.9 Å². The van der Waals surface area contributed by atoms with E-state index in [0.29, 0.717) is 5.92 Å². The first-order chi connectivity index (χ1) is 10.3. The number of hydrogen-bond donors (Lipinski definition) is 1. The molecule has 21 heavy (non-hydrogen) atoms. The van der Waals surface area contributed by atoms with Gasteiger partial charge in [-0.05, 0) is 53.9 Å². The zero-order valence-electron chi connectivity index (χ0n) is 12.7. The molecule has 3 rings (SSSR count). The van der Waals surface area contributed by atoms with Gasteiger partial charge in [-0.3, -0.25) is 4.99 Å². The first-order valence-electron chi connectivity index (χ1n) is 7.57. The van der Waals surface area contributed by atoms with E-state index < -0.39 is 0 Å². The van der Waals surface area contributed by atoms with Crippen LogP contribution >= 0.6 is 0 Å². The minimum absolute atomic E-state index is 0.527. The molecule has 1 N–H and O–H groups in total. The lowest BCUT2D eigenvalue weighted by Gasteiger charge is -2.24. The molecule has 1 atom stereocenters. The lowest BCUT2D eigenvalue weighted by atomic mass is 9.89. The molecule has 1 fully saturated rings. The van der Waals surface area contributed by atoms with Gasteiger partial charge in [-0.1, -0.05) is 18.2 Å². The number of benzene rings is 2. The highest BCUT2D eigenvalue weighted by molar-refractivity contribution is 6.05. The Balaban J connectivity index is 1.95. The van der Waals surface area contributed by atoms with E-state index in [4.69, 9.17) is 4.74 Å². The first kappa shape index (κ1) is 14.1. The summed E-state index contributed by atoms with van der Waals surface area (Å²) in [5, 5.41) is 5.91. The molecule has 3 nitrogen and oxygen atoms in total. The van der Waals surface area contributed by atoms with Crippen LogP contribution in [0.15, 0.2) is 41.4 Å². The lowest BCUT2D eigenvalue weighted by Crippen LogP contribution is -2.34. The quantitative estimate of drug-likeness (QED) is 0.877. The van der Waals surface area contributed by atoms with E-state index in [2.05, 4.69) is 40.6 Å². The van der Waals surface area contributed by atoms with Crippen molar-refractivity contribution < 1.29 is 4.74 Å². The summed E-state index contributed by atoms with van der Waals surface area (Å²) in [5.41, 5.74) is 2.46. The SMILES string of the molecule is CN=C(c1ccc2cc(OC)ccc2c1)C1CCCNC1. The van der Waals surface area contributed by atoms with Crippen LogP contribution < -0.4 is 10.1 Å². The molecule has 0 radical (unpaired) electrons. The van der Waals surface area contributed by atoms with Gasteiger partial charge in [0.05, 0.1) is 7.11 Å². The van der Waals surface area contributed by atoms with Crippen LogP contribution in [-0.4, -0.2) is 33.0 Å². The smallest absolute Gasteiger partial charge is 0.119 e. The Labute approximate surface area is 126 Å². The lowest BCUT2D eigenvalue weighted by molar-refractivity contribution is 0.415. The highest BCUT2D eigenvalue weighted by Crippen LogP contribution is 2.24. The molecule has 3 heteroatoms. The average Bonchev–Trinajstić information content (AvgIpc) is 2.56. The number of methoxy groups -OCH3 is 1. The maximum absolute atomic E-state index is 5.28. The first-order valence-corrected chi connectivity index (χ1v) is 7.57. The molecule has 0 aliphatic carbocycles. The molecule has 2 aromatic rings. The van der Waals surface area contributed by atoms with Crippen LogP contribution in [0.4, 0.5) is 0 Å². The molecular weight excluding hydrogens is 260 g/mol.